The van der Waals surface area contributed by atoms with Crippen LogP contribution in [0.15, 0.2) is 0 Å². The molecule has 0 fully saturated rings. The zero-order valence-electron chi connectivity index (χ0n) is 3.13. The van der Waals surface area contributed by atoms with Gasteiger partial charge in [0, 0.05) is 0 Å². The Kier molecular flexibility index (Phi) is 1290. The third kappa shape index (κ3) is 40.9. The Bertz CT molecular complexity index is 7.51. The predicted octanol–water partition coefficient (Wildman–Crippen LogP) is -3.47. The van der Waals surface area contributed by atoms with Crippen LogP contribution in [0.3, 0.4) is 0 Å². The molecule has 4 nitrogen and oxygen atoms in total. The summed E-state index contributed by atoms with van der Waals surface area (Å²) in [5.74, 6) is 0. The summed E-state index contributed by atoms with van der Waals surface area (Å²) < 4.78 is 0. The summed E-state index contributed by atoms with van der Waals surface area (Å²) in [6.07, 6.45) is 0. The van der Waals surface area contributed by atoms with E-state index in [0.717, 1.165) is 0 Å². The van der Waals surface area contributed by atoms with E-state index in [0.29, 0.717) is 0 Å². The molecule has 0 aromatic carbocycles. The molecule has 0 unspecified atom stereocenters. The molecule has 0 atom stereocenters. The van der Waals surface area contributed by atoms with Crippen molar-refractivity contribution in [1.82, 2.24) is 0 Å². The van der Waals surface area contributed by atoms with Crippen molar-refractivity contribution in [1.29, 1.82) is 0 Å². The molecule has 0 rings (SSSR count). The summed E-state index contributed by atoms with van der Waals surface area (Å²) in [6.45, 7) is 0. The van der Waals surface area contributed by atoms with Crippen LogP contribution in [0.4, 0.5) is 0 Å². The van der Waals surface area contributed by atoms with E-state index in [9.17, 15) is 0 Å². The molecule has 29 valence electrons. The van der Waals surface area contributed by atoms with Gasteiger partial charge in [0.15, 0.2) is 0 Å². The van der Waals surface area contributed by atoms with Crippen molar-refractivity contribution >= 4 is 0 Å². The Balaban J connectivity index is 0. The molecule has 6 heteroatoms. The fourth-order valence-electron chi connectivity index (χ4n) is 0. The maximum atomic E-state index is 0. The Morgan fingerprint density at radius 3 is 0.667 bits per heavy atom. The van der Waals surface area contributed by atoms with Crippen molar-refractivity contribution in [2.24, 2.45) is 0 Å². The van der Waals surface area contributed by atoms with Gasteiger partial charge >= 0.3 is 66.1 Å². The van der Waals surface area contributed by atoms with Gasteiger partial charge in [-0.3, -0.25) is 0 Å². The monoisotopic (exact) mass is 211 g/mol. The molecule has 0 aromatic heterocycles. The van der Waals surface area contributed by atoms with E-state index in [1.807, 2.05) is 0 Å². The van der Waals surface area contributed by atoms with Crippen LogP contribution in [-0.2, 0) is 21.9 Å². The van der Waals surface area contributed by atoms with Crippen LogP contribution >= 0.6 is 0 Å². The molecule has 6 heavy (non-hydrogen) atoms. The van der Waals surface area contributed by atoms with Crippen molar-refractivity contribution in [2.75, 3.05) is 0 Å². The Morgan fingerprint density at radius 1 is 0.667 bits per heavy atom. The molecular weight excluding hydrogens is 211 g/mol. The molecule has 0 spiro atoms. The van der Waals surface area contributed by atoms with Crippen molar-refractivity contribution < 1.29 is 82.5 Å². The molecule has 0 aliphatic rings. The van der Waals surface area contributed by atoms with Gasteiger partial charge in [0.05, 0.1) is 0 Å². The molecule has 0 amide bonds. The van der Waals surface area contributed by atoms with E-state index in [1.165, 1.54) is 0 Å². The van der Waals surface area contributed by atoms with Crippen LogP contribution in [0, 0.1) is 41.7 Å². The topological polar surface area (TPSA) is 114 Å². The molecule has 0 saturated heterocycles. The number of hydrogen-bond donors (Lipinski definition) is 0. The van der Waals surface area contributed by atoms with Crippen molar-refractivity contribution in [3.8, 4) is 0 Å². The summed E-state index contributed by atoms with van der Waals surface area (Å²) in [7, 11) is 0. The van der Waals surface area contributed by atoms with Gasteiger partial charge in [-0.1, -0.05) is 0 Å². The van der Waals surface area contributed by atoms with E-state index >= 15 is 0 Å². The minimum absolute atomic E-state index is 0. The average Bonchev–Trinajstić information content (AvgIpc) is 0. The van der Waals surface area contributed by atoms with Crippen LogP contribution in [0.2, 0.25) is 0 Å². The molecule has 0 heterocycles. The smallest absolute Gasteiger partial charge is 2.00 e. The van der Waals surface area contributed by atoms with Crippen LogP contribution < -0.4 is 18.9 Å². The average molecular weight is 211 g/mol. The fourth-order valence-corrected chi connectivity index (χ4v) is 0. The van der Waals surface area contributed by atoms with Gasteiger partial charge in [0.25, 0.3) is 0 Å². The van der Waals surface area contributed by atoms with E-state index in [-0.39, 0.29) is 82.5 Å². The first-order valence-corrected chi connectivity index (χ1v) is 0. The molecule has 0 aliphatic heterocycles. The first-order valence-electron chi connectivity index (χ1n) is 0. The second-order valence-electron chi connectivity index (χ2n) is 0. The van der Waals surface area contributed by atoms with Crippen molar-refractivity contribution in [2.45, 2.75) is 0 Å². The summed E-state index contributed by atoms with van der Waals surface area (Å²) in [5, 5.41) is 0. The van der Waals surface area contributed by atoms with Gasteiger partial charge in [0.1, 0.15) is 0 Å². The Morgan fingerprint density at radius 2 is 0.667 bits per heavy atom. The molecule has 0 N–H and O–H groups in total. The largest absolute Gasteiger partial charge is 3.00 e. The molecular formula is CeLiO4. The van der Waals surface area contributed by atoms with Gasteiger partial charge in [-0.05, 0) is 0 Å². The zero-order chi connectivity index (χ0) is 0. The summed E-state index contributed by atoms with van der Waals surface area (Å²) >= 11 is 0. The Hall–Kier alpha value is 1.81. The van der Waals surface area contributed by atoms with Gasteiger partial charge in [0.2, 0.25) is 0 Å². The van der Waals surface area contributed by atoms with Gasteiger partial charge in [-0.15, -0.1) is 0 Å². The quantitative estimate of drug-likeness (QED) is 0.370. The van der Waals surface area contributed by atoms with E-state index in [2.05, 4.69) is 0 Å². The first kappa shape index (κ1) is 110. The summed E-state index contributed by atoms with van der Waals surface area (Å²) in [6, 6.07) is 0. The normalized spacial score (nSPS) is 0. The maximum Gasteiger partial charge on any atom is 3.00 e. The van der Waals surface area contributed by atoms with Crippen molar-refractivity contribution in [3.63, 3.8) is 0 Å². The molecule has 0 saturated carbocycles. The first-order chi connectivity index (χ1) is 0. The minimum atomic E-state index is 0. The second-order valence-corrected chi connectivity index (χ2v) is 0. The molecule has 0 aliphatic carbocycles. The minimum Gasteiger partial charge on any atom is -2.00 e. The van der Waals surface area contributed by atoms with Gasteiger partial charge < -0.3 is 16.4 Å². The fraction of sp³-hybridized carbons (Fsp3) is 0. The predicted molar refractivity (Wildman–Crippen MR) is 2.75 cm³/mol. The standard InChI is InChI=1S/Ce.Li.4O/q+3;+1;3*-2;+2. The molecule has 0 aromatic rings. The van der Waals surface area contributed by atoms with Crippen LogP contribution in [-0.4, -0.2) is 0 Å². The van der Waals surface area contributed by atoms with E-state index in [4.69, 9.17) is 0 Å². The maximum absolute atomic E-state index is 0. The zero-order valence-corrected chi connectivity index (χ0v) is 6.27. The van der Waals surface area contributed by atoms with Crippen LogP contribution in [0.25, 0.3) is 0 Å². The SMILES string of the molecule is [Ce+3].[Li+].[O+2].[O-2].[O-2].[O-2]. The number of rotatable bonds is 0. The van der Waals surface area contributed by atoms with Crippen LogP contribution in [0.5, 0.6) is 0 Å². The molecule has 0 bridgehead atoms. The van der Waals surface area contributed by atoms with Gasteiger partial charge in [-0.2, -0.15) is 0 Å². The Labute approximate surface area is 81.5 Å². The number of hydrogen-bond acceptors (Lipinski definition) is 0. The second kappa shape index (κ2) is 70.0. The van der Waals surface area contributed by atoms with E-state index in [1.54, 1.807) is 0 Å². The van der Waals surface area contributed by atoms with Crippen molar-refractivity contribution in [3.05, 3.63) is 0 Å². The van der Waals surface area contributed by atoms with E-state index < -0.39 is 0 Å². The third-order valence-corrected chi connectivity index (χ3v) is 0. The van der Waals surface area contributed by atoms with Crippen LogP contribution in [0.1, 0.15) is 0 Å². The molecule has 5 radical (unpaired) electrons. The summed E-state index contributed by atoms with van der Waals surface area (Å²) in [4.78, 5) is 0. The summed E-state index contributed by atoms with van der Waals surface area (Å²) in [5.41, 5.74) is 0. The van der Waals surface area contributed by atoms with Gasteiger partial charge in [-0.25, -0.2) is 0 Å². The third-order valence-electron chi connectivity index (χ3n) is 0.